The first-order valence-corrected chi connectivity index (χ1v) is 5.55. The average Bonchev–Trinajstić information content (AvgIpc) is 2.20. The van der Waals surface area contributed by atoms with Crippen molar-refractivity contribution in [1.29, 1.82) is 0 Å². The number of rotatable bonds is 1. The number of aryl methyl sites for hydroxylation is 1. The molecule has 76 valence electrons. The molecule has 1 aromatic heterocycles. The minimum Gasteiger partial charge on any atom is -0.258 e. The molecule has 2 heteroatoms. The van der Waals surface area contributed by atoms with E-state index in [1.807, 2.05) is 6.20 Å². The predicted octanol–water partition coefficient (Wildman–Crippen LogP) is 3.08. The van der Waals surface area contributed by atoms with Crippen LogP contribution in [-0.2, 0) is 0 Å². The maximum absolute atomic E-state index is 4.46. The fourth-order valence-corrected chi connectivity index (χ4v) is 2.35. The van der Waals surface area contributed by atoms with Crippen molar-refractivity contribution in [3.63, 3.8) is 0 Å². The van der Waals surface area contributed by atoms with Crippen molar-refractivity contribution < 1.29 is 0 Å². The highest BCUT2D eigenvalue weighted by Crippen LogP contribution is 2.35. The van der Waals surface area contributed by atoms with Gasteiger partial charge in [0.05, 0.1) is 11.4 Å². The lowest BCUT2D eigenvalue weighted by Gasteiger charge is -2.26. The van der Waals surface area contributed by atoms with Gasteiger partial charge in [-0.05, 0) is 25.7 Å². The molecule has 2 nitrogen and oxygen atoms in total. The quantitative estimate of drug-likeness (QED) is 0.680. The van der Waals surface area contributed by atoms with Crippen molar-refractivity contribution in [2.24, 2.45) is 5.92 Å². The third-order valence-corrected chi connectivity index (χ3v) is 3.32. The Morgan fingerprint density at radius 3 is 2.36 bits per heavy atom. The molecule has 0 aliphatic heterocycles. The summed E-state index contributed by atoms with van der Waals surface area (Å²) in [6.45, 7) is 4.42. The van der Waals surface area contributed by atoms with Crippen LogP contribution < -0.4 is 0 Å². The van der Waals surface area contributed by atoms with Gasteiger partial charge in [-0.2, -0.15) is 0 Å². The Hall–Kier alpha value is -0.920. The van der Waals surface area contributed by atoms with Crippen molar-refractivity contribution in [2.75, 3.05) is 0 Å². The van der Waals surface area contributed by atoms with E-state index >= 15 is 0 Å². The van der Waals surface area contributed by atoms with Crippen LogP contribution in [0.5, 0.6) is 0 Å². The van der Waals surface area contributed by atoms with Crippen LogP contribution >= 0.6 is 0 Å². The zero-order valence-corrected chi connectivity index (χ0v) is 9.03. The molecule has 0 aromatic carbocycles. The van der Waals surface area contributed by atoms with Crippen molar-refractivity contribution >= 4 is 0 Å². The molecule has 0 atom stereocenters. The molecule has 1 fully saturated rings. The maximum atomic E-state index is 4.46. The van der Waals surface area contributed by atoms with E-state index in [2.05, 4.69) is 23.8 Å². The Kier molecular flexibility index (Phi) is 2.80. The molecule has 1 aromatic rings. The third-order valence-electron chi connectivity index (χ3n) is 3.32. The Morgan fingerprint density at radius 1 is 1.07 bits per heavy atom. The lowest BCUT2D eigenvalue weighted by molar-refractivity contribution is 0.342. The smallest absolute Gasteiger partial charge is 0.0646 e. The molecular formula is C12H18N2. The van der Waals surface area contributed by atoms with E-state index in [0.29, 0.717) is 5.92 Å². The zero-order valence-electron chi connectivity index (χ0n) is 9.03. The molecule has 1 heterocycles. The van der Waals surface area contributed by atoms with Crippen LogP contribution in [0.1, 0.15) is 49.9 Å². The van der Waals surface area contributed by atoms with Crippen LogP contribution in [0, 0.1) is 12.8 Å². The molecule has 0 N–H and O–H groups in total. The van der Waals surface area contributed by atoms with E-state index < -0.39 is 0 Å². The van der Waals surface area contributed by atoms with E-state index in [0.717, 1.165) is 11.6 Å². The normalized spacial score (nSPS) is 27.6. The number of aromatic nitrogens is 2. The Morgan fingerprint density at radius 2 is 1.71 bits per heavy atom. The highest BCUT2D eigenvalue weighted by atomic mass is 14.8. The van der Waals surface area contributed by atoms with Gasteiger partial charge in [0.1, 0.15) is 0 Å². The third kappa shape index (κ3) is 1.94. The van der Waals surface area contributed by atoms with Crippen molar-refractivity contribution in [3.05, 3.63) is 23.8 Å². The van der Waals surface area contributed by atoms with Gasteiger partial charge in [-0.1, -0.05) is 19.8 Å². The second-order valence-electron chi connectivity index (χ2n) is 4.48. The van der Waals surface area contributed by atoms with E-state index in [1.54, 1.807) is 6.20 Å². The summed E-state index contributed by atoms with van der Waals surface area (Å²) < 4.78 is 0. The number of nitrogens with zero attached hydrogens (tertiary/aromatic N) is 2. The van der Waals surface area contributed by atoms with Gasteiger partial charge >= 0.3 is 0 Å². The first-order valence-electron chi connectivity index (χ1n) is 5.55. The second-order valence-corrected chi connectivity index (χ2v) is 4.48. The van der Waals surface area contributed by atoms with Crippen molar-refractivity contribution in [3.8, 4) is 0 Å². The molecule has 2 rings (SSSR count). The summed E-state index contributed by atoms with van der Waals surface area (Å²) in [5.74, 6) is 1.57. The largest absolute Gasteiger partial charge is 0.258 e. The van der Waals surface area contributed by atoms with Gasteiger partial charge in [0.25, 0.3) is 0 Å². The predicted molar refractivity (Wildman–Crippen MR) is 57.1 cm³/mol. The Balaban J connectivity index is 2.12. The summed E-state index contributed by atoms with van der Waals surface area (Å²) in [7, 11) is 0. The molecule has 0 spiro atoms. The topological polar surface area (TPSA) is 25.8 Å². The summed E-state index contributed by atoms with van der Waals surface area (Å²) in [5.41, 5.74) is 2.35. The highest BCUT2D eigenvalue weighted by molar-refractivity contribution is 5.14. The fourth-order valence-electron chi connectivity index (χ4n) is 2.35. The lowest BCUT2D eigenvalue weighted by Crippen LogP contribution is -2.13. The van der Waals surface area contributed by atoms with Gasteiger partial charge in [0.15, 0.2) is 0 Å². The van der Waals surface area contributed by atoms with E-state index in [1.165, 1.54) is 31.4 Å². The number of hydrogen-bond acceptors (Lipinski definition) is 2. The average molecular weight is 190 g/mol. The molecule has 0 saturated heterocycles. The molecule has 0 radical (unpaired) electrons. The van der Waals surface area contributed by atoms with Crippen molar-refractivity contribution in [2.45, 2.75) is 45.4 Å². The van der Waals surface area contributed by atoms with Gasteiger partial charge < -0.3 is 0 Å². The monoisotopic (exact) mass is 190 g/mol. The summed E-state index contributed by atoms with van der Waals surface area (Å²) in [6.07, 6.45) is 8.88. The van der Waals surface area contributed by atoms with Gasteiger partial charge in [0, 0.05) is 18.3 Å². The van der Waals surface area contributed by atoms with Crippen LogP contribution in [0.15, 0.2) is 12.4 Å². The first-order chi connectivity index (χ1) is 6.77. The minimum atomic E-state index is 0.667. The van der Waals surface area contributed by atoms with Crippen LogP contribution in [-0.4, -0.2) is 9.97 Å². The summed E-state index contributed by atoms with van der Waals surface area (Å²) in [4.78, 5) is 8.78. The summed E-state index contributed by atoms with van der Waals surface area (Å²) in [6, 6.07) is 0. The standard InChI is InChI=1S/C12H18N2/c1-9-3-5-11(6-4-9)12-10(2)13-7-8-14-12/h7-9,11H,3-6H2,1-2H3. The molecule has 1 aliphatic rings. The molecule has 0 unspecified atom stereocenters. The number of hydrogen-bond donors (Lipinski definition) is 0. The molecule has 1 saturated carbocycles. The highest BCUT2D eigenvalue weighted by Gasteiger charge is 2.21. The minimum absolute atomic E-state index is 0.667. The molecule has 0 bridgehead atoms. The molecule has 0 amide bonds. The molecular weight excluding hydrogens is 172 g/mol. The van der Waals surface area contributed by atoms with Crippen LogP contribution in [0.25, 0.3) is 0 Å². The molecule has 1 aliphatic carbocycles. The van der Waals surface area contributed by atoms with Crippen molar-refractivity contribution in [1.82, 2.24) is 9.97 Å². The maximum Gasteiger partial charge on any atom is 0.0646 e. The SMILES string of the molecule is Cc1nccnc1C1CCC(C)CC1. The van der Waals surface area contributed by atoms with E-state index in [4.69, 9.17) is 0 Å². The van der Waals surface area contributed by atoms with Gasteiger partial charge in [-0.25, -0.2) is 0 Å². The molecule has 14 heavy (non-hydrogen) atoms. The Labute approximate surface area is 85.8 Å². The fraction of sp³-hybridized carbons (Fsp3) is 0.667. The van der Waals surface area contributed by atoms with Crippen LogP contribution in [0.2, 0.25) is 0 Å². The lowest BCUT2D eigenvalue weighted by atomic mass is 9.81. The Bertz CT molecular complexity index is 301. The second kappa shape index (κ2) is 4.07. The van der Waals surface area contributed by atoms with Crippen LogP contribution in [0.4, 0.5) is 0 Å². The van der Waals surface area contributed by atoms with Gasteiger partial charge in [0.2, 0.25) is 0 Å². The zero-order chi connectivity index (χ0) is 9.97. The van der Waals surface area contributed by atoms with E-state index in [9.17, 15) is 0 Å². The summed E-state index contributed by atoms with van der Waals surface area (Å²) in [5, 5.41) is 0. The first kappa shape index (κ1) is 9.63. The van der Waals surface area contributed by atoms with Crippen LogP contribution in [0.3, 0.4) is 0 Å². The van der Waals surface area contributed by atoms with E-state index in [-0.39, 0.29) is 0 Å². The summed E-state index contributed by atoms with van der Waals surface area (Å²) >= 11 is 0. The van der Waals surface area contributed by atoms with Gasteiger partial charge in [-0.15, -0.1) is 0 Å². The van der Waals surface area contributed by atoms with Gasteiger partial charge in [-0.3, -0.25) is 9.97 Å².